The second-order valence-electron chi connectivity index (χ2n) is 4.06. The van der Waals surface area contributed by atoms with Crippen molar-refractivity contribution in [2.45, 2.75) is 0 Å². The minimum atomic E-state index is -0.625. The number of anilines is 1. The Morgan fingerprint density at radius 1 is 1.15 bits per heavy atom. The number of nitrogens with two attached hydrogens (primary N) is 2. The van der Waals surface area contributed by atoms with Crippen LogP contribution in [-0.4, -0.2) is 25.1 Å². The Kier molecular flexibility index (Phi) is 3.74. The highest BCUT2D eigenvalue weighted by Gasteiger charge is 2.16. The van der Waals surface area contributed by atoms with Crippen molar-refractivity contribution in [3.05, 3.63) is 36.0 Å². The average molecular weight is 273 g/mol. The molecule has 0 radical (unpaired) electrons. The Bertz CT molecular complexity index is 656. The highest BCUT2D eigenvalue weighted by molar-refractivity contribution is 6.03. The van der Waals surface area contributed by atoms with Gasteiger partial charge in [-0.3, -0.25) is 9.78 Å². The van der Waals surface area contributed by atoms with Gasteiger partial charge in [-0.2, -0.15) is 0 Å². The predicted octanol–water partition coefficient (Wildman–Crippen LogP) is 1.45. The van der Waals surface area contributed by atoms with Crippen LogP contribution in [0.15, 0.2) is 30.5 Å². The molecule has 2 aromatic rings. The molecule has 0 saturated heterocycles. The number of amides is 1. The molecule has 0 saturated carbocycles. The number of methoxy groups -OCH3 is 2. The van der Waals surface area contributed by atoms with Crippen molar-refractivity contribution in [3.63, 3.8) is 0 Å². The largest absolute Gasteiger partial charge is 0.493 e. The lowest BCUT2D eigenvalue weighted by atomic mass is 10.0. The van der Waals surface area contributed by atoms with E-state index in [1.54, 1.807) is 25.3 Å². The Labute approximate surface area is 116 Å². The van der Waals surface area contributed by atoms with Crippen LogP contribution in [0.5, 0.6) is 11.5 Å². The molecule has 1 aromatic heterocycles. The first-order valence-corrected chi connectivity index (χ1v) is 5.85. The van der Waals surface area contributed by atoms with Gasteiger partial charge in [0.05, 0.1) is 25.5 Å². The SMILES string of the molecule is COc1ccc(-c2nccc(N)c2C(N)=O)cc1OC. The Hall–Kier alpha value is -2.76. The third kappa shape index (κ3) is 2.35. The van der Waals surface area contributed by atoms with E-state index in [1.807, 2.05) is 0 Å². The maximum Gasteiger partial charge on any atom is 0.253 e. The van der Waals surface area contributed by atoms with Gasteiger partial charge < -0.3 is 20.9 Å². The molecule has 6 nitrogen and oxygen atoms in total. The molecule has 0 aliphatic heterocycles. The molecule has 0 fully saturated rings. The number of aromatic nitrogens is 1. The zero-order valence-electron chi connectivity index (χ0n) is 11.2. The molecule has 0 aliphatic carbocycles. The summed E-state index contributed by atoms with van der Waals surface area (Å²) in [6, 6.07) is 6.73. The number of hydrogen-bond donors (Lipinski definition) is 2. The molecule has 1 aromatic carbocycles. The molecule has 0 unspecified atom stereocenters. The Morgan fingerprint density at radius 2 is 1.85 bits per heavy atom. The van der Waals surface area contributed by atoms with Gasteiger partial charge in [0.15, 0.2) is 11.5 Å². The molecule has 0 aliphatic rings. The minimum absolute atomic E-state index is 0.194. The summed E-state index contributed by atoms with van der Waals surface area (Å²) in [4.78, 5) is 15.7. The van der Waals surface area contributed by atoms with Crippen LogP contribution in [0.3, 0.4) is 0 Å². The predicted molar refractivity (Wildman–Crippen MR) is 75.7 cm³/mol. The molecule has 104 valence electrons. The van der Waals surface area contributed by atoms with Crippen molar-refractivity contribution >= 4 is 11.6 Å². The van der Waals surface area contributed by atoms with E-state index in [-0.39, 0.29) is 11.3 Å². The number of carbonyl (C=O) groups is 1. The highest BCUT2D eigenvalue weighted by Crippen LogP contribution is 2.33. The van der Waals surface area contributed by atoms with Crippen LogP contribution >= 0.6 is 0 Å². The number of pyridine rings is 1. The highest BCUT2D eigenvalue weighted by atomic mass is 16.5. The number of carbonyl (C=O) groups excluding carboxylic acids is 1. The van der Waals surface area contributed by atoms with Crippen molar-refractivity contribution in [3.8, 4) is 22.8 Å². The fourth-order valence-corrected chi connectivity index (χ4v) is 1.94. The van der Waals surface area contributed by atoms with E-state index in [1.165, 1.54) is 19.4 Å². The van der Waals surface area contributed by atoms with Crippen LogP contribution in [0.2, 0.25) is 0 Å². The van der Waals surface area contributed by atoms with Crippen LogP contribution in [0.1, 0.15) is 10.4 Å². The van der Waals surface area contributed by atoms with Gasteiger partial charge in [-0.25, -0.2) is 0 Å². The van der Waals surface area contributed by atoms with Crippen molar-refractivity contribution in [1.82, 2.24) is 4.98 Å². The summed E-state index contributed by atoms with van der Waals surface area (Å²) >= 11 is 0. The third-order valence-electron chi connectivity index (χ3n) is 2.89. The average Bonchev–Trinajstić information content (AvgIpc) is 2.45. The standard InChI is InChI=1S/C14H15N3O3/c1-19-10-4-3-8(7-11(10)20-2)13-12(14(16)18)9(15)5-6-17-13/h3-7H,1-2H3,(H2,15,17)(H2,16,18). The first kappa shape index (κ1) is 13.7. The van der Waals surface area contributed by atoms with Gasteiger partial charge in [-0.1, -0.05) is 0 Å². The van der Waals surface area contributed by atoms with Crippen LogP contribution in [0.25, 0.3) is 11.3 Å². The molecule has 0 bridgehead atoms. The van der Waals surface area contributed by atoms with Crippen LogP contribution < -0.4 is 20.9 Å². The summed E-state index contributed by atoms with van der Waals surface area (Å²) in [5.74, 6) is 0.491. The number of hydrogen-bond acceptors (Lipinski definition) is 5. The fraction of sp³-hybridized carbons (Fsp3) is 0.143. The molecule has 1 heterocycles. The molecule has 1 amide bonds. The minimum Gasteiger partial charge on any atom is -0.493 e. The summed E-state index contributed by atoms with van der Waals surface area (Å²) in [5, 5.41) is 0. The van der Waals surface area contributed by atoms with Gasteiger partial charge in [0.25, 0.3) is 5.91 Å². The van der Waals surface area contributed by atoms with E-state index in [2.05, 4.69) is 4.98 Å². The van der Waals surface area contributed by atoms with Gasteiger partial charge in [0, 0.05) is 17.4 Å². The second-order valence-corrected chi connectivity index (χ2v) is 4.06. The summed E-state index contributed by atoms with van der Waals surface area (Å²) < 4.78 is 10.4. The van der Waals surface area contributed by atoms with Crippen molar-refractivity contribution in [1.29, 1.82) is 0 Å². The topological polar surface area (TPSA) is 100 Å². The van der Waals surface area contributed by atoms with Gasteiger partial charge in [-0.15, -0.1) is 0 Å². The summed E-state index contributed by atoms with van der Waals surface area (Å²) in [6.07, 6.45) is 1.52. The Balaban J connectivity index is 2.63. The molecule has 20 heavy (non-hydrogen) atoms. The van der Waals surface area contributed by atoms with Gasteiger partial charge in [0.2, 0.25) is 0 Å². The lowest BCUT2D eigenvalue weighted by molar-refractivity contribution is 0.100. The number of primary amides is 1. The summed E-state index contributed by atoms with van der Waals surface area (Å²) in [5.41, 5.74) is 12.7. The molecule has 2 rings (SSSR count). The molecule has 4 N–H and O–H groups in total. The zero-order valence-corrected chi connectivity index (χ0v) is 11.2. The number of rotatable bonds is 4. The van der Waals surface area contributed by atoms with Crippen LogP contribution in [-0.2, 0) is 0 Å². The van der Waals surface area contributed by atoms with E-state index in [9.17, 15) is 4.79 Å². The molecule has 6 heteroatoms. The number of nitrogen functional groups attached to an aromatic ring is 1. The number of ether oxygens (including phenoxy) is 2. The van der Waals surface area contributed by atoms with Gasteiger partial charge >= 0.3 is 0 Å². The third-order valence-corrected chi connectivity index (χ3v) is 2.89. The quantitative estimate of drug-likeness (QED) is 0.878. The second kappa shape index (κ2) is 5.48. The van der Waals surface area contributed by atoms with Crippen molar-refractivity contribution in [2.24, 2.45) is 5.73 Å². The number of benzene rings is 1. The normalized spacial score (nSPS) is 10.1. The van der Waals surface area contributed by atoms with Crippen molar-refractivity contribution < 1.29 is 14.3 Å². The fourth-order valence-electron chi connectivity index (χ4n) is 1.94. The molecular weight excluding hydrogens is 258 g/mol. The number of nitrogens with zero attached hydrogens (tertiary/aromatic N) is 1. The molecular formula is C14H15N3O3. The van der Waals surface area contributed by atoms with Gasteiger partial charge in [-0.05, 0) is 24.3 Å². The maximum atomic E-state index is 11.5. The zero-order chi connectivity index (χ0) is 14.7. The van der Waals surface area contributed by atoms with Crippen LogP contribution in [0.4, 0.5) is 5.69 Å². The van der Waals surface area contributed by atoms with E-state index in [4.69, 9.17) is 20.9 Å². The lowest BCUT2D eigenvalue weighted by Gasteiger charge is -2.12. The van der Waals surface area contributed by atoms with Crippen LogP contribution in [0, 0.1) is 0 Å². The van der Waals surface area contributed by atoms with E-state index < -0.39 is 5.91 Å². The first-order chi connectivity index (χ1) is 9.58. The smallest absolute Gasteiger partial charge is 0.253 e. The summed E-state index contributed by atoms with van der Waals surface area (Å²) in [7, 11) is 3.08. The van der Waals surface area contributed by atoms with E-state index >= 15 is 0 Å². The molecule has 0 spiro atoms. The van der Waals surface area contributed by atoms with E-state index in [0.717, 1.165) is 0 Å². The first-order valence-electron chi connectivity index (χ1n) is 5.85. The molecule has 0 atom stereocenters. The van der Waals surface area contributed by atoms with E-state index in [0.29, 0.717) is 22.8 Å². The maximum absolute atomic E-state index is 11.5. The van der Waals surface area contributed by atoms with Gasteiger partial charge in [0.1, 0.15) is 0 Å². The monoisotopic (exact) mass is 273 g/mol. The Morgan fingerprint density at radius 3 is 2.45 bits per heavy atom. The summed E-state index contributed by atoms with van der Waals surface area (Å²) in [6.45, 7) is 0. The van der Waals surface area contributed by atoms with Crippen molar-refractivity contribution in [2.75, 3.05) is 20.0 Å². The lowest BCUT2D eigenvalue weighted by Crippen LogP contribution is -2.15.